The average Bonchev–Trinajstić information content (AvgIpc) is 2.52. The first-order valence-corrected chi connectivity index (χ1v) is 9.48. The summed E-state index contributed by atoms with van der Waals surface area (Å²) in [5.74, 6) is 0. The van der Waals surface area contributed by atoms with Gasteiger partial charge in [0.15, 0.2) is 0 Å². The lowest BCUT2D eigenvalue weighted by atomic mass is 10.1. The van der Waals surface area contributed by atoms with E-state index in [-0.39, 0.29) is 0 Å². The van der Waals surface area contributed by atoms with E-state index in [1.807, 2.05) is 21.6 Å². The molecule has 0 nitrogen and oxygen atoms in total. The Bertz CT molecular complexity index is 539. The van der Waals surface area contributed by atoms with E-state index in [1.54, 1.807) is 0 Å². The zero-order valence-electron chi connectivity index (χ0n) is 12.5. The van der Waals surface area contributed by atoms with E-state index < -0.39 is 0 Å². The van der Waals surface area contributed by atoms with Crippen LogP contribution >= 0.6 is 21.6 Å². The Morgan fingerprint density at radius 1 is 0.650 bits per heavy atom. The molecule has 0 aliphatic rings. The summed E-state index contributed by atoms with van der Waals surface area (Å²) in [5.41, 5.74) is 4.38. The predicted octanol–water partition coefficient (Wildman–Crippen LogP) is 6.17. The summed E-state index contributed by atoms with van der Waals surface area (Å²) in [5, 5.41) is 0. The third kappa shape index (κ3) is 3.62. The van der Waals surface area contributed by atoms with Gasteiger partial charge >= 0.3 is 0 Å². The minimum Gasteiger partial charge on any atom is -0.0619 e. The lowest BCUT2D eigenvalue weighted by molar-refractivity contribution is 1.01. The van der Waals surface area contributed by atoms with E-state index >= 15 is 0 Å². The number of hydrogen-bond acceptors (Lipinski definition) is 2. The molecule has 0 saturated carbocycles. The number of benzene rings is 2. The maximum absolute atomic E-state index is 2.26. The molecule has 0 radical (unpaired) electrons. The van der Waals surface area contributed by atoms with Crippen LogP contribution in [0.25, 0.3) is 0 Å². The van der Waals surface area contributed by atoms with Crippen LogP contribution in [0.4, 0.5) is 0 Å². The highest BCUT2D eigenvalue weighted by molar-refractivity contribution is 8.76. The molecule has 2 aromatic carbocycles. The van der Waals surface area contributed by atoms with Gasteiger partial charge in [0, 0.05) is 9.79 Å². The minimum atomic E-state index is 1.10. The molecule has 0 unspecified atom stereocenters. The standard InChI is InChI=1S/C18H22S2/c1-4-14-10-7-8-13-17(14)19-20-18-15(5-2)11-9-12-16(18)6-3/h7-13H,4-6H2,1-3H3. The van der Waals surface area contributed by atoms with E-state index in [0.717, 1.165) is 19.3 Å². The lowest BCUT2D eigenvalue weighted by Gasteiger charge is -2.13. The monoisotopic (exact) mass is 302 g/mol. The Kier molecular flexibility index (Phi) is 6.06. The van der Waals surface area contributed by atoms with Crippen LogP contribution in [0.2, 0.25) is 0 Å². The van der Waals surface area contributed by atoms with Crippen LogP contribution < -0.4 is 0 Å². The third-order valence-corrected chi connectivity index (χ3v) is 6.15. The van der Waals surface area contributed by atoms with Crippen molar-refractivity contribution in [3.8, 4) is 0 Å². The van der Waals surface area contributed by atoms with Gasteiger partial charge in [0.05, 0.1) is 0 Å². The zero-order chi connectivity index (χ0) is 14.4. The van der Waals surface area contributed by atoms with Gasteiger partial charge in [0.1, 0.15) is 0 Å². The normalized spacial score (nSPS) is 10.8. The smallest absolute Gasteiger partial charge is 0.0250 e. The Labute approximate surface area is 130 Å². The maximum atomic E-state index is 2.26. The molecule has 20 heavy (non-hydrogen) atoms. The molecular formula is C18H22S2. The van der Waals surface area contributed by atoms with Crippen molar-refractivity contribution in [2.24, 2.45) is 0 Å². The summed E-state index contributed by atoms with van der Waals surface area (Å²) >= 11 is 0. The van der Waals surface area contributed by atoms with Crippen LogP contribution in [0.5, 0.6) is 0 Å². The van der Waals surface area contributed by atoms with E-state index in [0.29, 0.717) is 0 Å². The largest absolute Gasteiger partial charge is 0.0619 e. The Morgan fingerprint density at radius 2 is 1.20 bits per heavy atom. The fraction of sp³-hybridized carbons (Fsp3) is 0.333. The predicted molar refractivity (Wildman–Crippen MR) is 92.7 cm³/mol. The molecule has 106 valence electrons. The van der Waals surface area contributed by atoms with Crippen molar-refractivity contribution >= 4 is 21.6 Å². The molecule has 0 heterocycles. The van der Waals surface area contributed by atoms with Crippen LogP contribution in [-0.2, 0) is 19.3 Å². The molecular weight excluding hydrogens is 280 g/mol. The first kappa shape index (κ1) is 15.5. The summed E-state index contributed by atoms with van der Waals surface area (Å²) < 4.78 is 0. The highest BCUT2D eigenvalue weighted by Crippen LogP contribution is 2.42. The fourth-order valence-electron chi connectivity index (χ4n) is 2.27. The van der Waals surface area contributed by atoms with Gasteiger partial charge in [-0.05, 0) is 42.0 Å². The molecule has 2 rings (SSSR count). The summed E-state index contributed by atoms with van der Waals surface area (Å²) in [4.78, 5) is 2.86. The van der Waals surface area contributed by atoms with Crippen LogP contribution in [0.3, 0.4) is 0 Å². The van der Waals surface area contributed by atoms with Crippen molar-refractivity contribution in [2.45, 2.75) is 49.8 Å². The van der Waals surface area contributed by atoms with Crippen molar-refractivity contribution in [1.82, 2.24) is 0 Å². The second-order valence-corrected chi connectivity index (χ2v) is 6.92. The van der Waals surface area contributed by atoms with E-state index in [4.69, 9.17) is 0 Å². The Balaban J connectivity index is 2.22. The van der Waals surface area contributed by atoms with Crippen LogP contribution in [-0.4, -0.2) is 0 Å². The fourth-order valence-corrected chi connectivity index (χ4v) is 5.18. The quantitative estimate of drug-likeness (QED) is 0.585. The van der Waals surface area contributed by atoms with Crippen molar-refractivity contribution in [3.05, 3.63) is 59.2 Å². The molecule has 0 spiro atoms. The van der Waals surface area contributed by atoms with Gasteiger partial charge in [-0.1, -0.05) is 78.8 Å². The SMILES string of the molecule is CCc1ccccc1SSc1c(CC)cccc1CC. The molecule has 0 aromatic heterocycles. The Morgan fingerprint density at radius 3 is 1.80 bits per heavy atom. The molecule has 0 aliphatic carbocycles. The first-order valence-electron chi connectivity index (χ1n) is 7.33. The topological polar surface area (TPSA) is 0 Å². The Hall–Kier alpha value is -0.860. The summed E-state index contributed by atoms with van der Waals surface area (Å²) in [6.45, 7) is 6.70. The second-order valence-electron chi connectivity index (χ2n) is 4.74. The van der Waals surface area contributed by atoms with Crippen LogP contribution in [0, 0.1) is 0 Å². The lowest BCUT2D eigenvalue weighted by Crippen LogP contribution is -1.91. The second kappa shape index (κ2) is 7.80. The zero-order valence-corrected chi connectivity index (χ0v) is 14.1. The number of hydrogen-bond donors (Lipinski definition) is 0. The minimum absolute atomic E-state index is 1.10. The van der Waals surface area contributed by atoms with Crippen LogP contribution in [0.1, 0.15) is 37.5 Å². The number of aryl methyl sites for hydroxylation is 3. The van der Waals surface area contributed by atoms with Gasteiger partial charge in [-0.25, -0.2) is 0 Å². The van der Waals surface area contributed by atoms with Gasteiger partial charge in [0.2, 0.25) is 0 Å². The van der Waals surface area contributed by atoms with Gasteiger partial charge in [-0.2, -0.15) is 0 Å². The van der Waals surface area contributed by atoms with Crippen molar-refractivity contribution in [2.75, 3.05) is 0 Å². The summed E-state index contributed by atoms with van der Waals surface area (Å²) in [6, 6.07) is 15.4. The van der Waals surface area contributed by atoms with Crippen molar-refractivity contribution in [1.29, 1.82) is 0 Å². The molecule has 0 saturated heterocycles. The van der Waals surface area contributed by atoms with E-state index in [2.05, 4.69) is 63.2 Å². The molecule has 0 amide bonds. The molecule has 2 aromatic rings. The van der Waals surface area contributed by atoms with Crippen molar-refractivity contribution < 1.29 is 0 Å². The highest BCUT2D eigenvalue weighted by atomic mass is 33.1. The molecule has 0 bridgehead atoms. The molecule has 2 heteroatoms. The molecule has 0 N–H and O–H groups in total. The van der Waals surface area contributed by atoms with E-state index in [9.17, 15) is 0 Å². The molecule has 0 aliphatic heterocycles. The van der Waals surface area contributed by atoms with Crippen molar-refractivity contribution in [3.63, 3.8) is 0 Å². The number of rotatable bonds is 6. The molecule has 0 atom stereocenters. The van der Waals surface area contributed by atoms with Gasteiger partial charge in [0.25, 0.3) is 0 Å². The summed E-state index contributed by atoms with van der Waals surface area (Å²) in [6.07, 6.45) is 3.30. The molecule has 0 fully saturated rings. The van der Waals surface area contributed by atoms with Crippen LogP contribution in [0.15, 0.2) is 52.3 Å². The first-order chi connectivity index (χ1) is 9.80. The summed E-state index contributed by atoms with van der Waals surface area (Å²) in [7, 11) is 3.82. The van der Waals surface area contributed by atoms with Gasteiger partial charge < -0.3 is 0 Å². The average molecular weight is 303 g/mol. The highest BCUT2D eigenvalue weighted by Gasteiger charge is 2.09. The van der Waals surface area contributed by atoms with E-state index in [1.165, 1.54) is 26.5 Å². The van der Waals surface area contributed by atoms with Gasteiger partial charge in [-0.3, -0.25) is 0 Å². The third-order valence-electron chi connectivity index (χ3n) is 3.51. The van der Waals surface area contributed by atoms with Gasteiger partial charge in [-0.15, -0.1) is 0 Å². The maximum Gasteiger partial charge on any atom is 0.0250 e.